The smallest absolute Gasteiger partial charge is 0.272 e. The van der Waals surface area contributed by atoms with Crippen LogP contribution in [0.1, 0.15) is 12.5 Å². The fraction of sp³-hybridized carbons (Fsp3) is 0.200. The number of hydrogen-bond acceptors (Lipinski definition) is 5. The van der Waals surface area contributed by atoms with Crippen molar-refractivity contribution in [1.82, 2.24) is 0 Å². The average Bonchev–Trinajstić information content (AvgIpc) is 2.92. The number of anilines is 1. The van der Waals surface area contributed by atoms with Crippen LogP contribution in [0.2, 0.25) is 5.02 Å². The van der Waals surface area contributed by atoms with E-state index < -0.39 is 0 Å². The second-order valence-electron chi connectivity index (χ2n) is 5.92. The molecule has 0 unspecified atom stereocenters. The van der Waals surface area contributed by atoms with E-state index >= 15 is 0 Å². The number of rotatable bonds is 4. The molecule has 2 amide bonds. The Morgan fingerprint density at radius 2 is 1.70 bits per heavy atom. The van der Waals surface area contributed by atoms with E-state index in [4.69, 9.17) is 21.1 Å². The van der Waals surface area contributed by atoms with E-state index in [1.807, 2.05) is 6.92 Å². The Hall–Kier alpha value is -2.44. The molecule has 138 valence electrons. The minimum absolute atomic E-state index is 0.325. The van der Waals surface area contributed by atoms with Crippen molar-refractivity contribution in [3.8, 4) is 11.5 Å². The second-order valence-corrected chi connectivity index (χ2v) is 7.63. The highest BCUT2D eigenvalue weighted by Gasteiger charge is 2.40. The Morgan fingerprint density at radius 1 is 1.00 bits per heavy atom. The number of carbonyl (C=O) groups is 2. The zero-order chi connectivity index (χ0) is 19.0. The number of imide groups is 1. The lowest BCUT2D eigenvalue weighted by atomic mass is 10.1. The minimum atomic E-state index is -0.352. The van der Waals surface area contributed by atoms with Gasteiger partial charge in [0.25, 0.3) is 11.8 Å². The molecule has 0 atom stereocenters. The zero-order valence-corrected chi connectivity index (χ0v) is 16.1. The molecule has 7 heteroatoms. The van der Waals surface area contributed by atoms with Gasteiger partial charge in [0.1, 0.15) is 13.2 Å². The van der Waals surface area contributed by atoms with Gasteiger partial charge in [-0.25, -0.2) is 4.90 Å². The minimum Gasteiger partial charge on any atom is -0.486 e. The third kappa shape index (κ3) is 3.19. The molecule has 0 saturated heterocycles. The molecule has 2 aromatic carbocycles. The van der Waals surface area contributed by atoms with Gasteiger partial charge in [-0.3, -0.25) is 9.59 Å². The van der Waals surface area contributed by atoms with E-state index in [-0.39, 0.29) is 11.8 Å². The van der Waals surface area contributed by atoms with Crippen molar-refractivity contribution in [2.24, 2.45) is 0 Å². The Labute approximate surface area is 165 Å². The Morgan fingerprint density at radius 3 is 2.41 bits per heavy atom. The summed E-state index contributed by atoms with van der Waals surface area (Å²) in [5.74, 6) is 1.14. The maximum Gasteiger partial charge on any atom is 0.272 e. The molecule has 27 heavy (non-hydrogen) atoms. The molecule has 4 rings (SSSR count). The molecule has 2 aromatic rings. The molecule has 0 fully saturated rings. The van der Waals surface area contributed by atoms with E-state index in [1.165, 1.54) is 16.7 Å². The molecular formula is C20H16ClNO4S. The van der Waals surface area contributed by atoms with Gasteiger partial charge in [-0.15, -0.1) is 11.8 Å². The summed E-state index contributed by atoms with van der Waals surface area (Å²) < 4.78 is 11.1. The summed E-state index contributed by atoms with van der Waals surface area (Å²) in [6, 6.07) is 12.0. The number of halogens is 1. The van der Waals surface area contributed by atoms with E-state index in [9.17, 15) is 9.59 Å². The van der Waals surface area contributed by atoms with Gasteiger partial charge < -0.3 is 9.47 Å². The molecule has 0 radical (unpaired) electrons. The van der Waals surface area contributed by atoms with Gasteiger partial charge in [0.2, 0.25) is 0 Å². The van der Waals surface area contributed by atoms with E-state index in [1.54, 1.807) is 42.5 Å². The van der Waals surface area contributed by atoms with E-state index in [2.05, 4.69) is 0 Å². The summed E-state index contributed by atoms with van der Waals surface area (Å²) in [5.41, 5.74) is 1.54. The second kappa shape index (κ2) is 7.29. The van der Waals surface area contributed by atoms with Crippen LogP contribution in [0.4, 0.5) is 5.69 Å². The first-order valence-electron chi connectivity index (χ1n) is 8.51. The van der Waals surface area contributed by atoms with Crippen molar-refractivity contribution in [2.75, 3.05) is 23.9 Å². The summed E-state index contributed by atoms with van der Waals surface area (Å²) in [6.45, 7) is 2.86. The fourth-order valence-electron chi connectivity index (χ4n) is 3.06. The van der Waals surface area contributed by atoms with Crippen LogP contribution in [0.5, 0.6) is 11.5 Å². The first-order valence-corrected chi connectivity index (χ1v) is 9.88. The molecule has 2 heterocycles. The zero-order valence-electron chi connectivity index (χ0n) is 14.5. The maximum atomic E-state index is 13.2. The summed E-state index contributed by atoms with van der Waals surface area (Å²) >= 11 is 7.33. The number of amides is 2. The number of carbonyl (C=O) groups excluding carboxylic acids is 2. The van der Waals surface area contributed by atoms with E-state index in [0.717, 1.165) is 0 Å². The number of fused-ring (bicyclic) bond motifs is 1. The van der Waals surface area contributed by atoms with Gasteiger partial charge in [0.15, 0.2) is 11.5 Å². The van der Waals surface area contributed by atoms with Crippen LogP contribution in [0.15, 0.2) is 47.4 Å². The topological polar surface area (TPSA) is 55.8 Å². The van der Waals surface area contributed by atoms with Crippen LogP contribution in [0.25, 0.3) is 5.57 Å². The van der Waals surface area contributed by atoms with Gasteiger partial charge in [0, 0.05) is 11.1 Å². The van der Waals surface area contributed by atoms with Crippen LogP contribution in [0, 0.1) is 0 Å². The molecule has 0 spiro atoms. The largest absolute Gasteiger partial charge is 0.486 e. The normalized spacial score (nSPS) is 16.3. The number of thioether (sulfide) groups is 1. The Kier molecular flexibility index (Phi) is 4.85. The van der Waals surface area contributed by atoms with Gasteiger partial charge in [-0.2, -0.15) is 0 Å². The molecule has 5 nitrogen and oxygen atoms in total. The third-order valence-electron chi connectivity index (χ3n) is 4.25. The van der Waals surface area contributed by atoms with Crippen LogP contribution in [-0.2, 0) is 9.59 Å². The number of hydrogen-bond donors (Lipinski definition) is 0. The first-order chi connectivity index (χ1) is 13.1. The van der Waals surface area contributed by atoms with Gasteiger partial charge in [-0.05, 0) is 35.6 Å². The van der Waals surface area contributed by atoms with Gasteiger partial charge in [-0.1, -0.05) is 30.7 Å². The van der Waals surface area contributed by atoms with E-state index in [0.29, 0.717) is 57.2 Å². The van der Waals surface area contributed by atoms with Crippen molar-refractivity contribution in [3.63, 3.8) is 0 Å². The molecule has 0 saturated carbocycles. The fourth-order valence-corrected chi connectivity index (χ4v) is 4.04. The molecule has 0 aromatic heterocycles. The highest BCUT2D eigenvalue weighted by Crippen LogP contribution is 2.41. The molecule has 0 N–H and O–H groups in total. The lowest BCUT2D eigenvalue weighted by Gasteiger charge is -2.21. The summed E-state index contributed by atoms with van der Waals surface area (Å²) in [6.07, 6.45) is 0. The van der Waals surface area contributed by atoms with Gasteiger partial charge in [0.05, 0.1) is 16.2 Å². The average molecular weight is 402 g/mol. The van der Waals surface area contributed by atoms with Crippen molar-refractivity contribution < 1.29 is 19.1 Å². The predicted molar refractivity (Wildman–Crippen MR) is 106 cm³/mol. The highest BCUT2D eigenvalue weighted by atomic mass is 35.5. The van der Waals surface area contributed by atoms with Crippen LogP contribution < -0.4 is 14.4 Å². The maximum absolute atomic E-state index is 13.2. The Balaban J connectivity index is 1.76. The summed E-state index contributed by atoms with van der Waals surface area (Å²) in [4.78, 5) is 27.9. The SMILES string of the molecule is CCSC1=C(c2ccc(Cl)cc2)C(=O)N(c2ccc3c(c2)OCCO3)C1=O. The molecule has 2 aliphatic heterocycles. The molecule has 0 aliphatic carbocycles. The number of benzene rings is 2. The lowest BCUT2D eigenvalue weighted by molar-refractivity contribution is -0.119. The number of nitrogens with zero attached hydrogens (tertiary/aromatic N) is 1. The Bertz CT molecular complexity index is 955. The standard InChI is InChI=1S/C20H16ClNO4S/c1-2-27-18-17(12-3-5-13(21)6-4-12)19(23)22(20(18)24)14-7-8-15-16(11-14)26-10-9-25-15/h3-8,11H,2,9-10H2,1H3. The molecular weight excluding hydrogens is 386 g/mol. The summed E-state index contributed by atoms with van der Waals surface area (Å²) in [7, 11) is 0. The van der Waals surface area contributed by atoms with Crippen LogP contribution in [-0.4, -0.2) is 30.8 Å². The third-order valence-corrected chi connectivity index (χ3v) is 5.45. The van der Waals surface area contributed by atoms with Crippen LogP contribution in [0.3, 0.4) is 0 Å². The van der Waals surface area contributed by atoms with Crippen molar-refractivity contribution in [1.29, 1.82) is 0 Å². The predicted octanol–water partition coefficient (Wildman–Crippen LogP) is 4.15. The number of ether oxygens (including phenoxy) is 2. The van der Waals surface area contributed by atoms with Crippen molar-refractivity contribution in [2.45, 2.75) is 6.92 Å². The lowest BCUT2D eigenvalue weighted by Crippen LogP contribution is -2.31. The van der Waals surface area contributed by atoms with Crippen molar-refractivity contribution >= 4 is 46.4 Å². The van der Waals surface area contributed by atoms with Crippen LogP contribution >= 0.6 is 23.4 Å². The van der Waals surface area contributed by atoms with Crippen molar-refractivity contribution in [3.05, 3.63) is 58.0 Å². The first kappa shape index (κ1) is 17.9. The van der Waals surface area contributed by atoms with Gasteiger partial charge >= 0.3 is 0 Å². The molecule has 2 aliphatic rings. The molecule has 0 bridgehead atoms. The quantitative estimate of drug-likeness (QED) is 0.720. The monoisotopic (exact) mass is 401 g/mol. The summed E-state index contributed by atoms with van der Waals surface area (Å²) in [5, 5.41) is 0.574. The highest BCUT2D eigenvalue weighted by molar-refractivity contribution is 8.04.